The van der Waals surface area contributed by atoms with Crippen LogP contribution in [0.25, 0.3) is 0 Å². The second kappa shape index (κ2) is 7.40. The summed E-state index contributed by atoms with van der Waals surface area (Å²) in [6, 6.07) is 5.16. The van der Waals surface area contributed by atoms with Crippen molar-refractivity contribution in [3.05, 3.63) is 29.3 Å². The molecule has 1 fully saturated rings. The second-order valence-corrected chi connectivity index (χ2v) is 6.23. The Morgan fingerprint density at radius 1 is 1.45 bits per heavy atom. The Labute approximate surface area is 131 Å². The van der Waals surface area contributed by atoms with Crippen LogP contribution in [0.5, 0.6) is 0 Å². The number of carbonyl (C=O) groups excluding carboxylic acids is 2. The summed E-state index contributed by atoms with van der Waals surface area (Å²) in [6.07, 6.45) is 2.89. The summed E-state index contributed by atoms with van der Waals surface area (Å²) in [7, 11) is 0. The molecular weight excluding hydrogens is 278 g/mol. The van der Waals surface area contributed by atoms with E-state index in [0.717, 1.165) is 18.7 Å². The zero-order chi connectivity index (χ0) is 16.1. The highest BCUT2D eigenvalue weighted by atomic mass is 16.2. The number of benzene rings is 1. The van der Waals surface area contributed by atoms with Gasteiger partial charge in [0.25, 0.3) is 0 Å². The fraction of sp³-hybridized carbons (Fsp3) is 0.529. The van der Waals surface area contributed by atoms with Crippen molar-refractivity contribution in [3.63, 3.8) is 0 Å². The standard InChI is InChI=1S/C17H25N3O2/c1-11(13-4-3-7-19-10-13)9-16(21)20-14-5-6-15(17(18)22)12(2)8-14/h5-6,8,11,13,19H,3-4,7,9-10H2,1-2H3,(H2,18,22)(H,20,21). The Morgan fingerprint density at radius 3 is 2.82 bits per heavy atom. The van der Waals surface area contributed by atoms with Crippen LogP contribution in [0.2, 0.25) is 0 Å². The lowest BCUT2D eigenvalue weighted by molar-refractivity contribution is -0.117. The molecule has 2 atom stereocenters. The molecule has 0 spiro atoms. The third-order valence-electron chi connectivity index (χ3n) is 4.42. The molecule has 1 saturated heterocycles. The molecule has 1 aromatic carbocycles. The lowest BCUT2D eigenvalue weighted by Crippen LogP contribution is -2.34. The quantitative estimate of drug-likeness (QED) is 0.778. The van der Waals surface area contributed by atoms with Crippen molar-refractivity contribution in [2.24, 2.45) is 17.6 Å². The van der Waals surface area contributed by atoms with Crippen molar-refractivity contribution >= 4 is 17.5 Å². The minimum Gasteiger partial charge on any atom is -0.366 e. The van der Waals surface area contributed by atoms with Crippen LogP contribution in [-0.2, 0) is 4.79 Å². The van der Waals surface area contributed by atoms with Crippen LogP contribution in [0.15, 0.2) is 18.2 Å². The molecule has 2 amide bonds. The third-order valence-corrected chi connectivity index (χ3v) is 4.42. The number of piperidine rings is 1. The van der Waals surface area contributed by atoms with Crippen LogP contribution in [0.1, 0.15) is 42.1 Å². The Kier molecular flexibility index (Phi) is 5.55. The van der Waals surface area contributed by atoms with Gasteiger partial charge in [0.05, 0.1) is 0 Å². The maximum absolute atomic E-state index is 12.2. The highest BCUT2D eigenvalue weighted by molar-refractivity contribution is 5.96. The Bertz CT molecular complexity index is 551. The van der Waals surface area contributed by atoms with E-state index in [1.54, 1.807) is 18.2 Å². The van der Waals surface area contributed by atoms with Gasteiger partial charge < -0.3 is 16.4 Å². The topological polar surface area (TPSA) is 84.2 Å². The number of primary amides is 1. The molecule has 1 aromatic rings. The number of hydrogen-bond donors (Lipinski definition) is 3. The van der Waals surface area contributed by atoms with Crippen LogP contribution in [0.4, 0.5) is 5.69 Å². The Morgan fingerprint density at radius 2 is 2.23 bits per heavy atom. The van der Waals surface area contributed by atoms with Gasteiger partial charge in [0, 0.05) is 17.7 Å². The lowest BCUT2D eigenvalue weighted by atomic mass is 9.85. The van der Waals surface area contributed by atoms with Crippen LogP contribution < -0.4 is 16.4 Å². The van der Waals surface area contributed by atoms with Crippen molar-refractivity contribution in [1.29, 1.82) is 0 Å². The van der Waals surface area contributed by atoms with E-state index in [-0.39, 0.29) is 5.91 Å². The minimum absolute atomic E-state index is 0.0179. The number of nitrogens with two attached hydrogens (primary N) is 1. The van der Waals surface area contributed by atoms with Gasteiger partial charge in [0.1, 0.15) is 0 Å². The number of nitrogens with one attached hydrogen (secondary N) is 2. The first-order valence-electron chi connectivity index (χ1n) is 7.88. The lowest BCUT2D eigenvalue weighted by Gasteiger charge is -2.28. The minimum atomic E-state index is -0.450. The van der Waals surface area contributed by atoms with Gasteiger partial charge in [-0.3, -0.25) is 9.59 Å². The molecule has 5 heteroatoms. The van der Waals surface area contributed by atoms with Crippen LogP contribution in [0.3, 0.4) is 0 Å². The number of hydrogen-bond acceptors (Lipinski definition) is 3. The zero-order valence-electron chi connectivity index (χ0n) is 13.3. The number of amides is 2. The molecule has 0 bridgehead atoms. The van der Waals surface area contributed by atoms with Crippen molar-refractivity contribution in [2.45, 2.75) is 33.1 Å². The largest absolute Gasteiger partial charge is 0.366 e. The SMILES string of the molecule is Cc1cc(NC(=O)CC(C)C2CCCNC2)ccc1C(N)=O. The molecule has 0 saturated carbocycles. The van der Waals surface area contributed by atoms with Gasteiger partial charge in [0.15, 0.2) is 0 Å². The highest BCUT2D eigenvalue weighted by Gasteiger charge is 2.22. The number of aryl methyl sites for hydroxylation is 1. The normalized spacial score (nSPS) is 19.5. The fourth-order valence-electron chi connectivity index (χ4n) is 3.05. The molecule has 4 N–H and O–H groups in total. The average Bonchev–Trinajstić information content (AvgIpc) is 2.47. The van der Waals surface area contributed by atoms with E-state index in [9.17, 15) is 9.59 Å². The number of carbonyl (C=O) groups is 2. The first kappa shape index (κ1) is 16.5. The van der Waals surface area contributed by atoms with Crippen molar-refractivity contribution in [1.82, 2.24) is 5.32 Å². The molecule has 0 radical (unpaired) electrons. The van der Waals surface area contributed by atoms with Crippen LogP contribution in [-0.4, -0.2) is 24.9 Å². The monoisotopic (exact) mass is 303 g/mol. The summed E-state index contributed by atoms with van der Waals surface area (Å²) in [5, 5.41) is 6.29. The summed E-state index contributed by atoms with van der Waals surface area (Å²) in [5.41, 5.74) is 7.25. The second-order valence-electron chi connectivity index (χ2n) is 6.23. The van der Waals surface area contributed by atoms with Gasteiger partial charge in [-0.25, -0.2) is 0 Å². The van der Waals surface area contributed by atoms with E-state index in [1.807, 2.05) is 6.92 Å². The van der Waals surface area contributed by atoms with Crippen molar-refractivity contribution in [2.75, 3.05) is 18.4 Å². The molecule has 22 heavy (non-hydrogen) atoms. The molecule has 2 unspecified atom stereocenters. The molecule has 1 aliphatic rings. The van der Waals surface area contributed by atoms with Crippen molar-refractivity contribution in [3.8, 4) is 0 Å². The van der Waals surface area contributed by atoms with Crippen LogP contribution in [0, 0.1) is 18.8 Å². The van der Waals surface area contributed by atoms with Gasteiger partial charge in [-0.05, 0) is 68.5 Å². The Hall–Kier alpha value is -1.88. The first-order chi connectivity index (χ1) is 10.5. The number of anilines is 1. The molecule has 0 aromatic heterocycles. The van der Waals surface area contributed by atoms with Gasteiger partial charge in [-0.1, -0.05) is 6.92 Å². The van der Waals surface area contributed by atoms with Crippen LogP contribution >= 0.6 is 0 Å². The van der Waals surface area contributed by atoms with Gasteiger partial charge in [-0.2, -0.15) is 0 Å². The summed E-state index contributed by atoms with van der Waals surface area (Å²) in [5.74, 6) is 0.496. The predicted octanol–water partition coefficient (Wildman–Crippen LogP) is 2.06. The molecule has 1 heterocycles. The smallest absolute Gasteiger partial charge is 0.248 e. The molecule has 2 rings (SSSR count). The molecule has 0 aliphatic carbocycles. The molecular formula is C17H25N3O2. The predicted molar refractivity (Wildman–Crippen MR) is 87.7 cm³/mol. The highest BCUT2D eigenvalue weighted by Crippen LogP contribution is 2.23. The summed E-state index contributed by atoms with van der Waals surface area (Å²) in [4.78, 5) is 23.4. The van der Waals surface area contributed by atoms with Crippen molar-refractivity contribution < 1.29 is 9.59 Å². The van der Waals surface area contributed by atoms with Gasteiger partial charge >= 0.3 is 0 Å². The van der Waals surface area contributed by atoms with E-state index in [0.29, 0.717) is 29.5 Å². The third kappa shape index (κ3) is 4.31. The van der Waals surface area contributed by atoms with Gasteiger partial charge in [-0.15, -0.1) is 0 Å². The Balaban J connectivity index is 1.91. The maximum Gasteiger partial charge on any atom is 0.248 e. The van der Waals surface area contributed by atoms with E-state index in [2.05, 4.69) is 17.6 Å². The molecule has 5 nitrogen and oxygen atoms in total. The summed E-state index contributed by atoms with van der Waals surface area (Å²) in [6.45, 7) is 6.03. The molecule has 120 valence electrons. The van der Waals surface area contributed by atoms with Gasteiger partial charge in [0.2, 0.25) is 11.8 Å². The maximum atomic E-state index is 12.2. The first-order valence-corrected chi connectivity index (χ1v) is 7.88. The summed E-state index contributed by atoms with van der Waals surface area (Å²) < 4.78 is 0. The number of rotatable bonds is 5. The summed E-state index contributed by atoms with van der Waals surface area (Å²) >= 11 is 0. The van der Waals surface area contributed by atoms with E-state index < -0.39 is 5.91 Å². The van der Waals surface area contributed by atoms with E-state index >= 15 is 0 Å². The fourth-order valence-corrected chi connectivity index (χ4v) is 3.05. The van der Waals surface area contributed by atoms with E-state index in [4.69, 9.17) is 5.73 Å². The average molecular weight is 303 g/mol. The van der Waals surface area contributed by atoms with E-state index in [1.165, 1.54) is 12.8 Å². The molecule has 1 aliphatic heterocycles. The zero-order valence-corrected chi connectivity index (χ0v) is 13.3.